The van der Waals surface area contributed by atoms with E-state index in [1.165, 1.54) is 0 Å². The van der Waals surface area contributed by atoms with Gasteiger partial charge in [0.05, 0.1) is 5.92 Å². The van der Waals surface area contributed by atoms with E-state index in [0.717, 1.165) is 17.5 Å². The van der Waals surface area contributed by atoms with Gasteiger partial charge < -0.3 is 5.32 Å². The van der Waals surface area contributed by atoms with Crippen molar-refractivity contribution in [1.82, 2.24) is 5.32 Å². The van der Waals surface area contributed by atoms with E-state index in [2.05, 4.69) is 5.32 Å². The van der Waals surface area contributed by atoms with Crippen LogP contribution >= 0.6 is 11.6 Å². The third-order valence-electron chi connectivity index (χ3n) is 4.53. The van der Waals surface area contributed by atoms with Crippen molar-refractivity contribution in [3.05, 3.63) is 34.3 Å². The average molecular weight is 320 g/mol. The quantitative estimate of drug-likeness (QED) is 0.799. The predicted octanol–water partition coefficient (Wildman–Crippen LogP) is 5.28. The largest absolute Gasteiger partial charge is 0.392 e. The van der Waals surface area contributed by atoms with Crippen LogP contribution in [-0.4, -0.2) is 13.2 Å². The van der Waals surface area contributed by atoms with E-state index < -0.39 is 18.0 Å². The highest BCUT2D eigenvalue weighted by atomic mass is 35.5. The lowest BCUT2D eigenvalue weighted by atomic mass is 9.73. The minimum absolute atomic E-state index is 0.228. The minimum Gasteiger partial charge on any atom is -0.313 e. The van der Waals surface area contributed by atoms with Crippen LogP contribution in [0.5, 0.6) is 0 Å². The second-order valence-electron chi connectivity index (χ2n) is 5.87. The fourth-order valence-electron chi connectivity index (χ4n) is 3.40. The van der Waals surface area contributed by atoms with Gasteiger partial charge in [0, 0.05) is 11.1 Å². The maximum Gasteiger partial charge on any atom is 0.392 e. The van der Waals surface area contributed by atoms with E-state index in [1.807, 2.05) is 19.1 Å². The fraction of sp³-hybridized carbons (Fsp3) is 0.625. The second kappa shape index (κ2) is 6.57. The Morgan fingerprint density at radius 2 is 1.90 bits per heavy atom. The lowest BCUT2D eigenvalue weighted by molar-refractivity contribution is -0.199. The summed E-state index contributed by atoms with van der Waals surface area (Å²) in [5.41, 5.74) is 1.78. The molecule has 3 atom stereocenters. The van der Waals surface area contributed by atoms with Crippen molar-refractivity contribution in [2.75, 3.05) is 7.05 Å². The number of hydrogen-bond donors (Lipinski definition) is 1. The first-order chi connectivity index (χ1) is 9.84. The van der Waals surface area contributed by atoms with E-state index in [0.29, 0.717) is 17.9 Å². The minimum atomic E-state index is -4.13. The Morgan fingerprint density at radius 1 is 1.24 bits per heavy atom. The van der Waals surface area contributed by atoms with E-state index in [9.17, 15) is 13.2 Å². The van der Waals surface area contributed by atoms with Crippen LogP contribution in [0.15, 0.2) is 18.2 Å². The molecular formula is C16H21ClF3N. The summed E-state index contributed by atoms with van der Waals surface area (Å²) in [5.74, 6) is -1.66. The lowest BCUT2D eigenvalue weighted by Gasteiger charge is -2.38. The Kier molecular flexibility index (Phi) is 5.20. The smallest absolute Gasteiger partial charge is 0.313 e. The Morgan fingerprint density at radius 3 is 2.48 bits per heavy atom. The molecule has 1 aliphatic rings. The third-order valence-corrected chi connectivity index (χ3v) is 4.94. The Balaban J connectivity index is 2.31. The Labute approximate surface area is 128 Å². The first-order valence-corrected chi connectivity index (χ1v) is 7.72. The van der Waals surface area contributed by atoms with Crippen molar-refractivity contribution in [1.29, 1.82) is 0 Å². The summed E-state index contributed by atoms with van der Waals surface area (Å²) in [5, 5.41) is 3.68. The molecule has 1 fully saturated rings. The van der Waals surface area contributed by atoms with Crippen LogP contribution in [0, 0.1) is 18.8 Å². The van der Waals surface area contributed by atoms with Gasteiger partial charge >= 0.3 is 6.18 Å². The van der Waals surface area contributed by atoms with Gasteiger partial charge in [0.1, 0.15) is 0 Å². The first kappa shape index (κ1) is 16.6. The van der Waals surface area contributed by atoms with Crippen LogP contribution in [0.3, 0.4) is 0 Å². The lowest BCUT2D eigenvalue weighted by Crippen LogP contribution is -2.39. The molecule has 0 saturated heterocycles. The molecule has 0 aliphatic heterocycles. The molecule has 1 nitrogen and oxygen atoms in total. The highest BCUT2D eigenvalue weighted by Crippen LogP contribution is 2.46. The van der Waals surface area contributed by atoms with Gasteiger partial charge in [0.15, 0.2) is 0 Å². The van der Waals surface area contributed by atoms with Crippen molar-refractivity contribution < 1.29 is 13.2 Å². The molecule has 3 unspecified atom stereocenters. The maximum atomic E-state index is 13.3. The summed E-state index contributed by atoms with van der Waals surface area (Å²) in [4.78, 5) is 0. The molecule has 0 spiro atoms. The van der Waals surface area contributed by atoms with Crippen LogP contribution in [0.25, 0.3) is 0 Å². The van der Waals surface area contributed by atoms with Gasteiger partial charge in [-0.1, -0.05) is 36.6 Å². The standard InChI is InChI=1S/C16H21ClF3N/c1-10-7-8-11(9-14(10)17)15(21-2)12-5-3-4-6-13(12)16(18,19)20/h7-9,12-13,15,21H,3-6H2,1-2H3. The molecule has 0 radical (unpaired) electrons. The van der Waals surface area contributed by atoms with Crippen molar-refractivity contribution in [2.24, 2.45) is 11.8 Å². The van der Waals surface area contributed by atoms with Gasteiger partial charge in [0.2, 0.25) is 0 Å². The number of halogens is 4. The zero-order chi connectivity index (χ0) is 15.6. The zero-order valence-electron chi connectivity index (χ0n) is 12.3. The van der Waals surface area contributed by atoms with Crippen LogP contribution in [0.1, 0.15) is 42.9 Å². The molecule has 0 heterocycles. The van der Waals surface area contributed by atoms with Crippen LogP contribution in [0.4, 0.5) is 13.2 Å². The number of nitrogens with one attached hydrogen (secondary N) is 1. The molecule has 1 saturated carbocycles. The van der Waals surface area contributed by atoms with Gasteiger partial charge in [-0.25, -0.2) is 0 Å². The summed E-state index contributed by atoms with van der Waals surface area (Å²) >= 11 is 6.13. The topological polar surface area (TPSA) is 12.0 Å². The zero-order valence-corrected chi connectivity index (χ0v) is 13.1. The van der Waals surface area contributed by atoms with E-state index >= 15 is 0 Å². The maximum absolute atomic E-state index is 13.3. The molecule has 1 aromatic carbocycles. The summed E-state index contributed by atoms with van der Waals surface area (Å²) in [7, 11) is 1.72. The average Bonchev–Trinajstić information content (AvgIpc) is 2.43. The molecule has 118 valence electrons. The summed E-state index contributed by atoms with van der Waals surface area (Å²) in [6.45, 7) is 1.89. The van der Waals surface area contributed by atoms with Crippen LogP contribution < -0.4 is 5.32 Å². The normalized spacial score (nSPS) is 24.9. The highest BCUT2D eigenvalue weighted by Gasteiger charge is 2.47. The molecule has 1 N–H and O–H groups in total. The number of benzene rings is 1. The van der Waals surface area contributed by atoms with Gasteiger partial charge in [-0.15, -0.1) is 0 Å². The third kappa shape index (κ3) is 3.72. The van der Waals surface area contributed by atoms with E-state index in [-0.39, 0.29) is 12.5 Å². The summed E-state index contributed by atoms with van der Waals surface area (Å²) < 4.78 is 39.9. The number of alkyl halides is 3. The molecule has 0 aromatic heterocycles. The van der Waals surface area contributed by atoms with Crippen molar-refractivity contribution >= 4 is 11.6 Å². The summed E-state index contributed by atoms with van der Waals surface area (Å²) in [6, 6.07) is 5.23. The molecule has 1 aliphatic carbocycles. The van der Waals surface area contributed by atoms with Gasteiger partial charge in [-0.2, -0.15) is 13.2 Å². The Bertz CT molecular complexity index is 487. The highest BCUT2D eigenvalue weighted by molar-refractivity contribution is 6.31. The number of rotatable bonds is 3. The molecule has 21 heavy (non-hydrogen) atoms. The first-order valence-electron chi connectivity index (χ1n) is 7.34. The Hall–Kier alpha value is -0.740. The van der Waals surface area contributed by atoms with Gasteiger partial charge in [0.25, 0.3) is 0 Å². The molecule has 0 amide bonds. The fourth-order valence-corrected chi connectivity index (χ4v) is 3.58. The molecule has 0 bridgehead atoms. The second-order valence-corrected chi connectivity index (χ2v) is 6.28. The predicted molar refractivity (Wildman–Crippen MR) is 79.5 cm³/mol. The van der Waals surface area contributed by atoms with Crippen molar-refractivity contribution in [2.45, 2.75) is 44.8 Å². The van der Waals surface area contributed by atoms with Crippen molar-refractivity contribution in [3.63, 3.8) is 0 Å². The van der Waals surface area contributed by atoms with Gasteiger partial charge in [-0.05, 0) is 49.9 Å². The van der Waals surface area contributed by atoms with E-state index in [4.69, 9.17) is 11.6 Å². The molecule has 1 aromatic rings. The van der Waals surface area contributed by atoms with Crippen LogP contribution in [0.2, 0.25) is 5.02 Å². The number of aryl methyl sites for hydroxylation is 1. The molecular weight excluding hydrogens is 299 g/mol. The van der Waals surface area contributed by atoms with E-state index in [1.54, 1.807) is 13.1 Å². The molecule has 2 rings (SSSR count). The van der Waals surface area contributed by atoms with Gasteiger partial charge in [-0.3, -0.25) is 0 Å². The summed E-state index contributed by atoms with van der Waals surface area (Å²) in [6.07, 6.45) is -1.79. The number of hydrogen-bond acceptors (Lipinski definition) is 1. The van der Waals surface area contributed by atoms with Crippen LogP contribution in [-0.2, 0) is 0 Å². The SMILES string of the molecule is CNC(c1ccc(C)c(Cl)c1)C1CCCCC1C(F)(F)F. The monoisotopic (exact) mass is 319 g/mol. The molecule has 5 heteroatoms. The van der Waals surface area contributed by atoms with Crippen molar-refractivity contribution in [3.8, 4) is 0 Å².